The predicted molar refractivity (Wildman–Crippen MR) is 88.0 cm³/mol. The molecule has 3 aromatic rings. The van der Waals surface area contributed by atoms with Crippen molar-refractivity contribution in [1.82, 2.24) is 9.97 Å². The summed E-state index contributed by atoms with van der Waals surface area (Å²) in [6.07, 6.45) is 0.890. The molecule has 0 atom stereocenters. The molecule has 2 heterocycles. The van der Waals surface area contributed by atoms with Crippen molar-refractivity contribution in [1.29, 1.82) is 0 Å². The van der Waals surface area contributed by atoms with Crippen LogP contribution in [0.4, 0.5) is 4.39 Å². The quantitative estimate of drug-likeness (QED) is 0.741. The van der Waals surface area contributed by atoms with Crippen molar-refractivity contribution >= 4 is 27.9 Å². The van der Waals surface area contributed by atoms with Crippen LogP contribution in [0.15, 0.2) is 18.2 Å². The van der Waals surface area contributed by atoms with E-state index < -0.39 is 0 Å². The number of hydrogen-bond donors (Lipinski definition) is 1. The Kier molecular flexibility index (Phi) is 4.03. The third-order valence-corrected chi connectivity index (χ3v) is 4.17. The van der Waals surface area contributed by atoms with Crippen LogP contribution in [0.1, 0.15) is 30.2 Å². The Hall–Kier alpha value is -2.43. The van der Waals surface area contributed by atoms with E-state index in [4.69, 9.17) is 4.74 Å². The summed E-state index contributed by atoms with van der Waals surface area (Å²) in [6, 6.07) is 4.67. The first-order valence-corrected chi connectivity index (χ1v) is 7.74. The number of ether oxygens (including phenoxy) is 1. The Morgan fingerprint density at radius 3 is 2.87 bits per heavy atom. The van der Waals surface area contributed by atoms with E-state index in [9.17, 15) is 9.18 Å². The normalized spacial score (nSPS) is 11.3. The number of aromatic amines is 1. The van der Waals surface area contributed by atoms with Crippen molar-refractivity contribution in [2.75, 3.05) is 6.61 Å². The second-order valence-corrected chi connectivity index (χ2v) is 5.64. The van der Waals surface area contributed by atoms with Gasteiger partial charge in [0.1, 0.15) is 11.5 Å². The molecule has 120 valence electrons. The van der Waals surface area contributed by atoms with E-state index in [2.05, 4.69) is 9.97 Å². The van der Waals surface area contributed by atoms with E-state index in [0.29, 0.717) is 19.4 Å². The third kappa shape index (κ3) is 2.79. The molecule has 0 unspecified atom stereocenters. The van der Waals surface area contributed by atoms with Gasteiger partial charge in [0.2, 0.25) is 0 Å². The van der Waals surface area contributed by atoms with Gasteiger partial charge in [0.05, 0.1) is 6.61 Å². The van der Waals surface area contributed by atoms with Crippen LogP contribution in [0.25, 0.3) is 21.9 Å². The summed E-state index contributed by atoms with van der Waals surface area (Å²) in [6.45, 7) is 6.10. The summed E-state index contributed by atoms with van der Waals surface area (Å²) >= 11 is 0. The minimum Gasteiger partial charge on any atom is -0.466 e. The van der Waals surface area contributed by atoms with Gasteiger partial charge in [-0.2, -0.15) is 0 Å². The number of aryl methyl sites for hydroxylation is 2. The molecule has 0 aliphatic rings. The van der Waals surface area contributed by atoms with Crippen molar-refractivity contribution in [3.05, 3.63) is 40.8 Å². The van der Waals surface area contributed by atoms with E-state index in [1.165, 1.54) is 12.1 Å². The van der Waals surface area contributed by atoms with Crippen molar-refractivity contribution in [2.45, 2.75) is 33.6 Å². The van der Waals surface area contributed by atoms with Crippen LogP contribution in [0.3, 0.4) is 0 Å². The highest BCUT2D eigenvalue weighted by molar-refractivity contribution is 6.08. The topological polar surface area (TPSA) is 55.0 Å². The SMILES string of the molecule is CCOC(=O)CCc1c(C)nc2[nH]c3ccc(F)cc3c2c1C. The average molecular weight is 314 g/mol. The molecule has 0 aliphatic heterocycles. The van der Waals surface area contributed by atoms with E-state index in [1.807, 2.05) is 13.8 Å². The fourth-order valence-corrected chi connectivity index (χ4v) is 3.10. The molecule has 0 amide bonds. The molecule has 23 heavy (non-hydrogen) atoms. The Bertz CT molecular complexity index is 899. The van der Waals surface area contributed by atoms with Crippen LogP contribution in [0.5, 0.6) is 0 Å². The number of fused-ring (bicyclic) bond motifs is 3. The Balaban J connectivity index is 2.10. The highest BCUT2D eigenvalue weighted by Gasteiger charge is 2.15. The highest BCUT2D eigenvalue weighted by atomic mass is 19.1. The maximum atomic E-state index is 13.6. The minimum atomic E-state index is -0.272. The molecule has 4 nitrogen and oxygen atoms in total. The van der Waals surface area contributed by atoms with Crippen LogP contribution >= 0.6 is 0 Å². The summed E-state index contributed by atoms with van der Waals surface area (Å²) in [5.74, 6) is -0.484. The molecule has 0 radical (unpaired) electrons. The van der Waals surface area contributed by atoms with Gasteiger partial charge in [-0.3, -0.25) is 4.79 Å². The molecular weight excluding hydrogens is 295 g/mol. The number of halogens is 1. The number of pyridine rings is 1. The number of nitrogens with one attached hydrogen (secondary N) is 1. The van der Waals surface area contributed by atoms with Crippen molar-refractivity contribution in [2.24, 2.45) is 0 Å². The minimum absolute atomic E-state index is 0.212. The number of esters is 1. The summed E-state index contributed by atoms with van der Waals surface area (Å²) in [7, 11) is 0. The third-order valence-electron chi connectivity index (χ3n) is 4.17. The van der Waals surface area contributed by atoms with Gasteiger partial charge in [0.15, 0.2) is 0 Å². The van der Waals surface area contributed by atoms with Crippen LogP contribution in [-0.2, 0) is 16.0 Å². The first-order valence-electron chi connectivity index (χ1n) is 7.74. The zero-order valence-corrected chi connectivity index (χ0v) is 13.5. The van der Waals surface area contributed by atoms with Gasteiger partial charge in [-0.05, 0) is 56.5 Å². The molecule has 0 bridgehead atoms. The number of aromatic nitrogens is 2. The van der Waals surface area contributed by atoms with Crippen LogP contribution in [-0.4, -0.2) is 22.5 Å². The standard InChI is InChI=1S/C18H19FN2O2/c1-4-23-16(22)8-6-13-10(2)17-14-9-12(19)5-7-15(14)21-18(17)20-11(13)3/h5,7,9H,4,6,8H2,1-3H3,(H,20,21). The Morgan fingerprint density at radius 2 is 2.13 bits per heavy atom. The summed E-state index contributed by atoms with van der Waals surface area (Å²) in [5.41, 5.74) is 4.55. The molecule has 0 saturated heterocycles. The molecule has 2 aromatic heterocycles. The lowest BCUT2D eigenvalue weighted by Gasteiger charge is -2.10. The average Bonchev–Trinajstić information content (AvgIpc) is 2.84. The first kappa shape index (κ1) is 15.5. The van der Waals surface area contributed by atoms with Gasteiger partial charge < -0.3 is 9.72 Å². The lowest BCUT2D eigenvalue weighted by Crippen LogP contribution is -2.07. The van der Waals surface area contributed by atoms with Crippen LogP contribution in [0.2, 0.25) is 0 Å². The fourth-order valence-electron chi connectivity index (χ4n) is 3.10. The lowest BCUT2D eigenvalue weighted by atomic mass is 9.99. The number of rotatable bonds is 4. The molecule has 1 N–H and O–H groups in total. The number of carbonyl (C=O) groups is 1. The van der Waals surface area contributed by atoms with Crippen molar-refractivity contribution in [3.8, 4) is 0 Å². The highest BCUT2D eigenvalue weighted by Crippen LogP contribution is 2.31. The lowest BCUT2D eigenvalue weighted by molar-refractivity contribution is -0.143. The smallest absolute Gasteiger partial charge is 0.306 e. The van der Waals surface area contributed by atoms with E-state index >= 15 is 0 Å². The second-order valence-electron chi connectivity index (χ2n) is 5.64. The maximum absolute atomic E-state index is 13.6. The predicted octanol–water partition coefficient (Wildman–Crippen LogP) is 3.97. The van der Waals surface area contributed by atoms with Crippen molar-refractivity contribution in [3.63, 3.8) is 0 Å². The number of nitrogens with zero attached hydrogens (tertiary/aromatic N) is 1. The van der Waals surface area contributed by atoms with Gasteiger partial charge in [0, 0.05) is 28.4 Å². The van der Waals surface area contributed by atoms with E-state index in [0.717, 1.165) is 38.8 Å². The molecule has 5 heteroatoms. The monoisotopic (exact) mass is 314 g/mol. The fraction of sp³-hybridized carbons (Fsp3) is 0.333. The maximum Gasteiger partial charge on any atom is 0.306 e. The number of carbonyl (C=O) groups excluding carboxylic acids is 1. The largest absolute Gasteiger partial charge is 0.466 e. The Labute approximate surface area is 133 Å². The van der Waals surface area contributed by atoms with Crippen LogP contribution in [0, 0.1) is 19.7 Å². The second kappa shape index (κ2) is 5.99. The Morgan fingerprint density at radius 1 is 1.35 bits per heavy atom. The first-order chi connectivity index (χ1) is 11.0. The van der Waals surface area contributed by atoms with E-state index in [-0.39, 0.29) is 11.8 Å². The number of hydrogen-bond acceptors (Lipinski definition) is 3. The molecule has 3 rings (SSSR count). The van der Waals surface area contributed by atoms with Gasteiger partial charge in [-0.25, -0.2) is 9.37 Å². The zero-order chi connectivity index (χ0) is 16.6. The zero-order valence-electron chi connectivity index (χ0n) is 13.5. The van der Waals surface area contributed by atoms with Crippen LogP contribution < -0.4 is 0 Å². The molecule has 0 aliphatic carbocycles. The molecule has 0 fully saturated rings. The molecule has 1 aromatic carbocycles. The number of benzene rings is 1. The number of H-pyrrole nitrogens is 1. The molecule has 0 spiro atoms. The van der Waals surface area contributed by atoms with Crippen molar-refractivity contribution < 1.29 is 13.9 Å². The summed E-state index contributed by atoms with van der Waals surface area (Å²) in [4.78, 5) is 19.4. The molecule has 0 saturated carbocycles. The van der Waals surface area contributed by atoms with Gasteiger partial charge in [-0.1, -0.05) is 0 Å². The summed E-state index contributed by atoms with van der Waals surface area (Å²) < 4.78 is 18.6. The van der Waals surface area contributed by atoms with E-state index in [1.54, 1.807) is 13.0 Å². The van der Waals surface area contributed by atoms with Gasteiger partial charge in [-0.15, -0.1) is 0 Å². The molecular formula is C18H19FN2O2. The summed E-state index contributed by atoms with van der Waals surface area (Å²) in [5, 5.41) is 1.74. The van der Waals surface area contributed by atoms with Gasteiger partial charge >= 0.3 is 5.97 Å². The van der Waals surface area contributed by atoms with Gasteiger partial charge in [0.25, 0.3) is 0 Å².